The van der Waals surface area contributed by atoms with Gasteiger partial charge in [-0.05, 0) is 36.4 Å². The van der Waals surface area contributed by atoms with Crippen molar-refractivity contribution in [2.75, 3.05) is 13.2 Å². The van der Waals surface area contributed by atoms with Crippen LogP contribution in [0.1, 0.15) is 0 Å². The van der Waals surface area contributed by atoms with Crippen molar-refractivity contribution in [3.8, 4) is 17.6 Å². The first kappa shape index (κ1) is 17.9. The summed E-state index contributed by atoms with van der Waals surface area (Å²) in [6.45, 7) is 0.0326. The predicted molar refractivity (Wildman–Crippen MR) is 96.6 cm³/mol. The van der Waals surface area contributed by atoms with Crippen molar-refractivity contribution < 1.29 is 17.5 Å². The lowest BCUT2D eigenvalue weighted by atomic mass is 10.2. The fourth-order valence-electron chi connectivity index (χ4n) is 2.25. The minimum Gasteiger partial charge on any atom is -0.479 e. The monoisotopic (exact) mass is 370 g/mol. The van der Waals surface area contributed by atoms with Gasteiger partial charge < -0.3 is 4.74 Å². The van der Waals surface area contributed by atoms with Gasteiger partial charge in [-0.15, -0.1) is 0 Å². The molecule has 0 bridgehead atoms. The SMILES string of the molecule is O=S(=O)(NCC#CCOc1cccc2cccnc12)c1ccc(F)cc1. The Morgan fingerprint density at radius 1 is 1.04 bits per heavy atom. The Hall–Kier alpha value is -2.95. The Kier molecular flexibility index (Phi) is 5.46. The maximum absolute atomic E-state index is 12.8. The molecule has 0 aliphatic rings. The highest BCUT2D eigenvalue weighted by atomic mass is 32.2. The molecule has 0 saturated carbocycles. The first-order valence-corrected chi connectivity index (χ1v) is 9.22. The molecule has 1 heterocycles. The molecular formula is C19H15FN2O3S. The third kappa shape index (κ3) is 4.36. The minimum atomic E-state index is -3.72. The zero-order valence-electron chi connectivity index (χ0n) is 13.6. The number of ether oxygens (including phenoxy) is 1. The quantitative estimate of drug-likeness (QED) is 0.701. The number of benzene rings is 2. The number of para-hydroxylation sites is 1. The molecule has 7 heteroatoms. The van der Waals surface area contributed by atoms with Gasteiger partial charge >= 0.3 is 0 Å². The second kappa shape index (κ2) is 7.95. The van der Waals surface area contributed by atoms with Crippen LogP contribution in [0.3, 0.4) is 0 Å². The Morgan fingerprint density at radius 3 is 2.62 bits per heavy atom. The lowest BCUT2D eigenvalue weighted by molar-refractivity contribution is 0.374. The molecule has 0 unspecified atom stereocenters. The van der Waals surface area contributed by atoms with E-state index in [0.717, 1.165) is 23.0 Å². The second-order valence-electron chi connectivity index (χ2n) is 5.25. The highest BCUT2D eigenvalue weighted by Gasteiger charge is 2.12. The van der Waals surface area contributed by atoms with Gasteiger partial charge in [0.1, 0.15) is 23.7 Å². The van der Waals surface area contributed by atoms with Gasteiger partial charge in [-0.2, -0.15) is 4.72 Å². The number of fused-ring (bicyclic) bond motifs is 1. The molecule has 0 aliphatic heterocycles. The molecule has 0 aliphatic carbocycles. The third-order valence-corrected chi connectivity index (χ3v) is 4.91. The van der Waals surface area contributed by atoms with E-state index >= 15 is 0 Å². The van der Waals surface area contributed by atoms with Crippen molar-refractivity contribution in [1.82, 2.24) is 9.71 Å². The van der Waals surface area contributed by atoms with Crippen LogP contribution in [0.5, 0.6) is 5.75 Å². The Bertz CT molecular complexity index is 1070. The minimum absolute atomic E-state index is 0.0150. The van der Waals surface area contributed by atoms with Gasteiger partial charge in [0.25, 0.3) is 0 Å². The predicted octanol–water partition coefficient (Wildman–Crippen LogP) is 2.73. The van der Waals surface area contributed by atoms with E-state index < -0.39 is 15.8 Å². The summed E-state index contributed by atoms with van der Waals surface area (Å²) in [7, 11) is -3.72. The van der Waals surface area contributed by atoms with Crippen LogP contribution in [0.25, 0.3) is 10.9 Å². The van der Waals surface area contributed by atoms with Crippen LogP contribution in [-0.4, -0.2) is 26.6 Å². The molecule has 3 aromatic rings. The van der Waals surface area contributed by atoms with E-state index in [2.05, 4.69) is 21.5 Å². The molecule has 0 saturated heterocycles. The number of nitrogens with one attached hydrogen (secondary N) is 1. The van der Waals surface area contributed by atoms with E-state index in [-0.39, 0.29) is 18.0 Å². The average Bonchev–Trinajstić information content (AvgIpc) is 2.65. The molecule has 0 atom stereocenters. The topological polar surface area (TPSA) is 68.3 Å². The normalized spacial score (nSPS) is 11.0. The van der Waals surface area contributed by atoms with Crippen LogP contribution in [0.2, 0.25) is 0 Å². The maximum Gasteiger partial charge on any atom is 0.241 e. The second-order valence-corrected chi connectivity index (χ2v) is 7.02. The molecule has 132 valence electrons. The Morgan fingerprint density at radius 2 is 1.81 bits per heavy atom. The fraction of sp³-hybridized carbons (Fsp3) is 0.105. The van der Waals surface area contributed by atoms with Crippen LogP contribution in [0.15, 0.2) is 65.7 Å². The van der Waals surface area contributed by atoms with Crippen molar-refractivity contribution in [3.05, 3.63) is 66.6 Å². The van der Waals surface area contributed by atoms with E-state index in [4.69, 9.17) is 4.74 Å². The van der Waals surface area contributed by atoms with Crippen LogP contribution in [0, 0.1) is 17.7 Å². The third-order valence-electron chi connectivity index (χ3n) is 3.50. The summed E-state index contributed by atoms with van der Waals surface area (Å²) in [4.78, 5) is 4.26. The summed E-state index contributed by atoms with van der Waals surface area (Å²) in [6, 6.07) is 14.0. The van der Waals surface area contributed by atoms with E-state index in [1.54, 1.807) is 12.3 Å². The number of pyridine rings is 1. The molecule has 2 aromatic carbocycles. The molecule has 0 amide bonds. The van der Waals surface area contributed by atoms with E-state index in [1.165, 1.54) is 12.1 Å². The highest BCUT2D eigenvalue weighted by Crippen LogP contribution is 2.22. The van der Waals surface area contributed by atoms with Gasteiger partial charge in [-0.3, -0.25) is 4.98 Å². The molecule has 0 radical (unpaired) electrons. The molecule has 26 heavy (non-hydrogen) atoms. The van der Waals surface area contributed by atoms with Gasteiger partial charge in [0.2, 0.25) is 10.0 Å². The van der Waals surface area contributed by atoms with Gasteiger partial charge in [-0.25, -0.2) is 12.8 Å². The molecule has 1 aromatic heterocycles. The summed E-state index contributed by atoms with van der Waals surface area (Å²) >= 11 is 0. The molecule has 5 nitrogen and oxygen atoms in total. The summed E-state index contributed by atoms with van der Waals surface area (Å²) in [5.41, 5.74) is 0.744. The summed E-state index contributed by atoms with van der Waals surface area (Å²) in [6.07, 6.45) is 1.69. The Labute approximate surface area is 150 Å². The van der Waals surface area contributed by atoms with Crippen molar-refractivity contribution in [2.45, 2.75) is 4.90 Å². The first-order valence-electron chi connectivity index (χ1n) is 7.74. The summed E-state index contributed by atoms with van der Waals surface area (Å²) in [5.74, 6) is 5.54. The van der Waals surface area contributed by atoms with Crippen LogP contribution in [-0.2, 0) is 10.0 Å². The number of sulfonamides is 1. The zero-order chi connectivity index (χ0) is 18.4. The summed E-state index contributed by atoms with van der Waals surface area (Å²) in [5, 5.41) is 0.963. The van der Waals surface area contributed by atoms with Crippen molar-refractivity contribution in [3.63, 3.8) is 0 Å². The number of rotatable bonds is 5. The van der Waals surface area contributed by atoms with Crippen molar-refractivity contribution >= 4 is 20.9 Å². The number of hydrogen-bond acceptors (Lipinski definition) is 4. The standard InChI is InChI=1S/C19H15FN2O3S/c20-16-8-10-17(11-9-16)26(23,24)22-13-1-2-14-25-18-7-3-5-15-6-4-12-21-19(15)18/h3-12,22H,13-14H2. The maximum atomic E-state index is 12.8. The summed E-state index contributed by atoms with van der Waals surface area (Å²) < 4.78 is 44.8. The molecular weight excluding hydrogens is 355 g/mol. The van der Waals surface area contributed by atoms with Gasteiger partial charge in [0.05, 0.1) is 11.4 Å². The first-order chi connectivity index (χ1) is 12.6. The Balaban J connectivity index is 1.55. The lowest BCUT2D eigenvalue weighted by Crippen LogP contribution is -2.24. The molecule has 0 fully saturated rings. The van der Waals surface area contributed by atoms with Crippen LogP contribution < -0.4 is 9.46 Å². The molecule has 1 N–H and O–H groups in total. The van der Waals surface area contributed by atoms with E-state index in [9.17, 15) is 12.8 Å². The van der Waals surface area contributed by atoms with Gasteiger partial charge in [-0.1, -0.05) is 30.0 Å². The van der Waals surface area contributed by atoms with Gasteiger partial charge in [0, 0.05) is 11.6 Å². The zero-order valence-corrected chi connectivity index (χ0v) is 14.5. The molecule has 3 rings (SSSR count). The largest absolute Gasteiger partial charge is 0.479 e. The van der Waals surface area contributed by atoms with Crippen molar-refractivity contribution in [1.29, 1.82) is 0 Å². The number of nitrogens with zero attached hydrogens (tertiary/aromatic N) is 1. The van der Waals surface area contributed by atoms with E-state index in [1.807, 2.05) is 24.3 Å². The number of halogens is 1. The number of hydrogen-bond donors (Lipinski definition) is 1. The highest BCUT2D eigenvalue weighted by molar-refractivity contribution is 7.89. The fourth-order valence-corrected chi connectivity index (χ4v) is 3.17. The lowest BCUT2D eigenvalue weighted by Gasteiger charge is -2.05. The van der Waals surface area contributed by atoms with Crippen LogP contribution in [0.4, 0.5) is 4.39 Å². The number of aromatic nitrogens is 1. The smallest absolute Gasteiger partial charge is 0.241 e. The van der Waals surface area contributed by atoms with E-state index in [0.29, 0.717) is 5.75 Å². The molecule has 0 spiro atoms. The average molecular weight is 370 g/mol. The van der Waals surface area contributed by atoms with Crippen LogP contribution >= 0.6 is 0 Å². The van der Waals surface area contributed by atoms with Gasteiger partial charge in [0.15, 0.2) is 0 Å². The van der Waals surface area contributed by atoms with Crippen molar-refractivity contribution in [2.24, 2.45) is 0 Å².